The van der Waals surface area contributed by atoms with E-state index in [9.17, 15) is 0 Å². The number of nitrogens with two attached hydrogens (primary N) is 1. The fourth-order valence-corrected chi connectivity index (χ4v) is 2.39. The second-order valence-electron chi connectivity index (χ2n) is 4.60. The molecule has 2 rings (SSSR count). The number of hydrogen-bond acceptors (Lipinski definition) is 4. The Balaban J connectivity index is 2.12. The minimum absolute atomic E-state index is 0.313. The van der Waals surface area contributed by atoms with Crippen LogP contribution in [0.15, 0.2) is 12.4 Å². The minimum Gasteiger partial charge on any atom is -0.327 e. The van der Waals surface area contributed by atoms with Crippen LogP contribution in [0.3, 0.4) is 0 Å². The Labute approximate surface area is 96.9 Å². The van der Waals surface area contributed by atoms with Crippen molar-refractivity contribution < 1.29 is 0 Å². The third-order valence-electron chi connectivity index (χ3n) is 3.35. The Morgan fingerprint density at radius 2 is 2.19 bits per heavy atom. The SMILES string of the molecule is Cc1nccnc1C(C)N1CCCC(N)C1. The molecule has 1 aliphatic rings. The molecule has 16 heavy (non-hydrogen) atoms. The molecule has 2 atom stereocenters. The van der Waals surface area contributed by atoms with E-state index in [1.807, 2.05) is 6.92 Å². The van der Waals surface area contributed by atoms with Crippen LogP contribution >= 0.6 is 0 Å². The van der Waals surface area contributed by atoms with Crippen LogP contribution in [0.1, 0.15) is 37.2 Å². The molecule has 0 radical (unpaired) electrons. The van der Waals surface area contributed by atoms with Crippen molar-refractivity contribution in [3.05, 3.63) is 23.8 Å². The van der Waals surface area contributed by atoms with Crippen LogP contribution in [0, 0.1) is 6.92 Å². The van der Waals surface area contributed by atoms with Gasteiger partial charge in [-0.2, -0.15) is 0 Å². The van der Waals surface area contributed by atoms with Gasteiger partial charge in [0.2, 0.25) is 0 Å². The van der Waals surface area contributed by atoms with Gasteiger partial charge >= 0.3 is 0 Å². The molecule has 1 fully saturated rings. The number of rotatable bonds is 2. The summed E-state index contributed by atoms with van der Waals surface area (Å²) >= 11 is 0. The molecule has 0 amide bonds. The van der Waals surface area contributed by atoms with E-state index in [2.05, 4.69) is 21.8 Å². The van der Waals surface area contributed by atoms with Crippen LogP contribution in [0.25, 0.3) is 0 Å². The summed E-state index contributed by atoms with van der Waals surface area (Å²) in [5, 5.41) is 0. The first-order chi connectivity index (χ1) is 7.68. The van der Waals surface area contributed by atoms with Gasteiger partial charge in [0.05, 0.1) is 17.4 Å². The van der Waals surface area contributed by atoms with E-state index in [0.717, 1.165) is 30.9 Å². The molecule has 2 unspecified atom stereocenters. The maximum absolute atomic E-state index is 6.00. The van der Waals surface area contributed by atoms with E-state index in [0.29, 0.717) is 12.1 Å². The summed E-state index contributed by atoms with van der Waals surface area (Å²) in [6.45, 7) is 6.29. The molecule has 2 heterocycles. The zero-order valence-electron chi connectivity index (χ0n) is 10.1. The van der Waals surface area contributed by atoms with Crippen LogP contribution in [-0.4, -0.2) is 34.0 Å². The highest BCUT2D eigenvalue weighted by Crippen LogP contribution is 2.23. The third kappa shape index (κ3) is 2.39. The van der Waals surface area contributed by atoms with E-state index in [1.165, 1.54) is 6.42 Å². The van der Waals surface area contributed by atoms with Crippen molar-refractivity contribution in [2.45, 2.75) is 38.8 Å². The third-order valence-corrected chi connectivity index (χ3v) is 3.35. The zero-order valence-corrected chi connectivity index (χ0v) is 10.1. The summed E-state index contributed by atoms with van der Waals surface area (Å²) in [4.78, 5) is 11.1. The van der Waals surface area contributed by atoms with Crippen molar-refractivity contribution in [1.82, 2.24) is 14.9 Å². The molecule has 4 heteroatoms. The second-order valence-corrected chi connectivity index (χ2v) is 4.60. The smallest absolute Gasteiger partial charge is 0.0784 e. The van der Waals surface area contributed by atoms with Gasteiger partial charge < -0.3 is 5.73 Å². The van der Waals surface area contributed by atoms with Gasteiger partial charge in [0, 0.05) is 25.0 Å². The Kier molecular flexibility index (Phi) is 3.51. The predicted octanol–water partition coefficient (Wildman–Crippen LogP) is 1.27. The fraction of sp³-hybridized carbons (Fsp3) is 0.667. The molecule has 1 saturated heterocycles. The second kappa shape index (κ2) is 4.89. The summed E-state index contributed by atoms with van der Waals surface area (Å²) in [7, 11) is 0. The van der Waals surface area contributed by atoms with Gasteiger partial charge in [-0.1, -0.05) is 0 Å². The van der Waals surface area contributed by atoms with Crippen LogP contribution in [-0.2, 0) is 0 Å². The van der Waals surface area contributed by atoms with Crippen LogP contribution in [0.4, 0.5) is 0 Å². The van der Waals surface area contributed by atoms with E-state index < -0.39 is 0 Å². The van der Waals surface area contributed by atoms with Crippen LogP contribution in [0.2, 0.25) is 0 Å². The van der Waals surface area contributed by atoms with Gasteiger partial charge in [0.25, 0.3) is 0 Å². The highest BCUT2D eigenvalue weighted by Gasteiger charge is 2.23. The predicted molar refractivity (Wildman–Crippen MR) is 64.0 cm³/mol. The number of aryl methyl sites for hydroxylation is 1. The standard InChI is InChI=1S/C12H20N4/c1-9-12(15-6-5-14-9)10(2)16-7-3-4-11(13)8-16/h5-6,10-11H,3-4,7-8,13H2,1-2H3. The summed E-state index contributed by atoms with van der Waals surface area (Å²) in [6, 6.07) is 0.633. The fourth-order valence-electron chi connectivity index (χ4n) is 2.39. The van der Waals surface area contributed by atoms with E-state index >= 15 is 0 Å². The Hall–Kier alpha value is -1.00. The topological polar surface area (TPSA) is 55.0 Å². The lowest BCUT2D eigenvalue weighted by Gasteiger charge is -2.35. The van der Waals surface area contributed by atoms with E-state index in [1.54, 1.807) is 12.4 Å². The average Bonchev–Trinajstić information content (AvgIpc) is 2.29. The molecule has 2 N–H and O–H groups in total. The van der Waals surface area contributed by atoms with E-state index in [4.69, 9.17) is 5.73 Å². The number of piperidine rings is 1. The maximum Gasteiger partial charge on any atom is 0.0784 e. The minimum atomic E-state index is 0.313. The van der Waals surface area contributed by atoms with Crippen molar-refractivity contribution in [3.8, 4) is 0 Å². The van der Waals surface area contributed by atoms with Crippen molar-refractivity contribution >= 4 is 0 Å². The number of hydrogen-bond donors (Lipinski definition) is 1. The summed E-state index contributed by atoms with van der Waals surface area (Å²) in [6.07, 6.45) is 5.84. The molecule has 1 aromatic heterocycles. The number of aromatic nitrogens is 2. The lowest BCUT2D eigenvalue weighted by atomic mass is 10.0. The van der Waals surface area contributed by atoms with E-state index in [-0.39, 0.29) is 0 Å². The molecule has 1 aromatic rings. The quantitative estimate of drug-likeness (QED) is 0.815. The molecular formula is C12H20N4. The molecule has 4 nitrogen and oxygen atoms in total. The molecular weight excluding hydrogens is 200 g/mol. The molecule has 0 bridgehead atoms. The molecule has 88 valence electrons. The van der Waals surface area contributed by atoms with Gasteiger partial charge in [-0.05, 0) is 33.2 Å². The van der Waals surface area contributed by atoms with Gasteiger partial charge in [-0.25, -0.2) is 0 Å². The number of likely N-dealkylation sites (tertiary alicyclic amines) is 1. The molecule has 0 saturated carbocycles. The summed E-state index contributed by atoms with van der Waals surface area (Å²) in [5.74, 6) is 0. The van der Waals surface area contributed by atoms with Crippen molar-refractivity contribution in [3.63, 3.8) is 0 Å². The van der Waals surface area contributed by atoms with Crippen LogP contribution < -0.4 is 5.73 Å². The summed E-state index contributed by atoms with van der Waals surface area (Å²) in [5.41, 5.74) is 8.10. The maximum atomic E-state index is 6.00. The lowest BCUT2D eigenvalue weighted by Crippen LogP contribution is -2.44. The molecule has 0 aliphatic carbocycles. The largest absolute Gasteiger partial charge is 0.327 e. The van der Waals surface area contributed by atoms with Gasteiger partial charge in [-0.15, -0.1) is 0 Å². The molecule has 0 aromatic carbocycles. The molecule has 0 spiro atoms. The Bertz CT molecular complexity index is 353. The highest BCUT2D eigenvalue weighted by molar-refractivity contribution is 5.13. The van der Waals surface area contributed by atoms with Crippen LogP contribution in [0.5, 0.6) is 0 Å². The highest BCUT2D eigenvalue weighted by atomic mass is 15.2. The zero-order chi connectivity index (χ0) is 11.5. The Morgan fingerprint density at radius 1 is 1.44 bits per heavy atom. The van der Waals surface area contributed by atoms with Crippen molar-refractivity contribution in [1.29, 1.82) is 0 Å². The first-order valence-corrected chi connectivity index (χ1v) is 5.95. The lowest BCUT2D eigenvalue weighted by molar-refractivity contribution is 0.156. The van der Waals surface area contributed by atoms with Crippen molar-refractivity contribution in [2.24, 2.45) is 5.73 Å². The van der Waals surface area contributed by atoms with Gasteiger partial charge in [0.15, 0.2) is 0 Å². The van der Waals surface area contributed by atoms with Gasteiger partial charge in [-0.3, -0.25) is 14.9 Å². The van der Waals surface area contributed by atoms with Crippen molar-refractivity contribution in [2.75, 3.05) is 13.1 Å². The average molecular weight is 220 g/mol. The Morgan fingerprint density at radius 3 is 2.88 bits per heavy atom. The summed E-state index contributed by atoms with van der Waals surface area (Å²) < 4.78 is 0. The molecule has 1 aliphatic heterocycles. The first kappa shape index (κ1) is 11.5. The monoisotopic (exact) mass is 220 g/mol. The van der Waals surface area contributed by atoms with Gasteiger partial charge in [0.1, 0.15) is 0 Å². The number of nitrogens with zero attached hydrogens (tertiary/aromatic N) is 3. The first-order valence-electron chi connectivity index (χ1n) is 5.95. The normalized spacial score (nSPS) is 24.3.